The highest BCUT2D eigenvalue weighted by Gasteiger charge is 2.13. The van der Waals surface area contributed by atoms with Crippen LogP contribution >= 0.6 is 80.0 Å². The Labute approximate surface area is 227 Å². The van der Waals surface area contributed by atoms with E-state index in [-0.39, 0.29) is 12.2 Å². The molecule has 0 fully saturated rings. The molecule has 1 N–H and O–H groups in total. The number of carbonyl (C=O) groups is 1. The molecule has 0 unspecified atom stereocenters. The van der Waals surface area contributed by atoms with Crippen LogP contribution in [0.3, 0.4) is 0 Å². The molecule has 162 valence electrons. The number of benzene rings is 3. The van der Waals surface area contributed by atoms with Gasteiger partial charge in [-0.05, 0) is 105 Å². The van der Waals surface area contributed by atoms with Gasteiger partial charge in [0, 0.05) is 26.3 Å². The molecule has 0 aliphatic carbocycles. The third-order valence-electron chi connectivity index (χ3n) is 4.19. The van der Waals surface area contributed by atoms with Gasteiger partial charge < -0.3 is 10.1 Å². The van der Waals surface area contributed by atoms with Crippen LogP contribution in [0.1, 0.15) is 11.1 Å². The number of nitrogens with one attached hydrogen (secondary N) is 1. The van der Waals surface area contributed by atoms with Crippen molar-refractivity contribution in [1.82, 2.24) is 0 Å². The average Bonchev–Trinajstić information content (AvgIpc) is 2.74. The summed E-state index contributed by atoms with van der Waals surface area (Å²) in [5, 5.41) is 13.8. The zero-order valence-electron chi connectivity index (χ0n) is 16.1. The molecule has 0 radical (unpaired) electrons. The van der Waals surface area contributed by atoms with Crippen molar-refractivity contribution >= 4 is 97.7 Å². The van der Waals surface area contributed by atoms with Gasteiger partial charge in [0.05, 0.1) is 7.14 Å². The molecule has 3 aromatic rings. The molecular formula is C23H13Cl3I2N2O2. The summed E-state index contributed by atoms with van der Waals surface area (Å²) >= 11 is 22.3. The number of anilines is 1. The maximum absolute atomic E-state index is 12.5. The molecule has 0 aliphatic rings. The molecule has 32 heavy (non-hydrogen) atoms. The largest absolute Gasteiger partial charge is 0.487 e. The lowest BCUT2D eigenvalue weighted by atomic mass is 10.1. The monoisotopic (exact) mass is 708 g/mol. The van der Waals surface area contributed by atoms with E-state index in [1.54, 1.807) is 36.4 Å². The second-order valence-electron chi connectivity index (χ2n) is 6.47. The van der Waals surface area contributed by atoms with Gasteiger partial charge >= 0.3 is 0 Å². The second kappa shape index (κ2) is 11.6. The van der Waals surface area contributed by atoms with E-state index in [1.165, 1.54) is 6.08 Å². The number of ether oxygens (including phenoxy) is 1. The lowest BCUT2D eigenvalue weighted by Crippen LogP contribution is -2.13. The summed E-state index contributed by atoms with van der Waals surface area (Å²) in [6.07, 6.45) is 1.54. The summed E-state index contributed by atoms with van der Waals surface area (Å²) in [5.41, 5.74) is 2.05. The minimum Gasteiger partial charge on any atom is -0.487 e. The highest BCUT2D eigenvalue weighted by atomic mass is 127. The van der Waals surface area contributed by atoms with Crippen LogP contribution in [0, 0.1) is 18.5 Å². The lowest BCUT2D eigenvalue weighted by Gasteiger charge is -2.13. The third kappa shape index (κ3) is 6.75. The first-order valence-electron chi connectivity index (χ1n) is 9.01. The maximum atomic E-state index is 12.5. The highest BCUT2D eigenvalue weighted by Crippen LogP contribution is 2.31. The number of nitriles is 1. The van der Waals surface area contributed by atoms with Crippen molar-refractivity contribution in [1.29, 1.82) is 5.26 Å². The maximum Gasteiger partial charge on any atom is 0.266 e. The Morgan fingerprint density at radius 1 is 1.00 bits per heavy atom. The Bertz CT molecular complexity index is 1220. The molecule has 0 spiro atoms. The van der Waals surface area contributed by atoms with Crippen LogP contribution in [0.4, 0.5) is 5.69 Å². The average molecular weight is 710 g/mol. The van der Waals surface area contributed by atoms with Crippen LogP contribution in [0.5, 0.6) is 5.75 Å². The fraction of sp³-hybridized carbons (Fsp3) is 0.0435. The van der Waals surface area contributed by atoms with Crippen LogP contribution in [-0.4, -0.2) is 5.91 Å². The van der Waals surface area contributed by atoms with E-state index >= 15 is 0 Å². The van der Waals surface area contributed by atoms with E-state index in [2.05, 4.69) is 50.5 Å². The molecule has 3 rings (SSSR count). The van der Waals surface area contributed by atoms with Crippen molar-refractivity contribution in [2.24, 2.45) is 0 Å². The molecule has 0 bridgehead atoms. The molecule has 0 saturated heterocycles. The Kier molecular flexibility index (Phi) is 9.08. The van der Waals surface area contributed by atoms with Crippen molar-refractivity contribution in [2.75, 3.05) is 5.32 Å². The van der Waals surface area contributed by atoms with Crippen LogP contribution < -0.4 is 10.1 Å². The van der Waals surface area contributed by atoms with Gasteiger partial charge in [-0.15, -0.1) is 0 Å². The van der Waals surface area contributed by atoms with Crippen LogP contribution in [-0.2, 0) is 11.4 Å². The molecule has 0 saturated carbocycles. The summed E-state index contributed by atoms with van der Waals surface area (Å²) in [4.78, 5) is 12.5. The van der Waals surface area contributed by atoms with E-state index in [9.17, 15) is 10.1 Å². The number of amides is 1. The molecule has 9 heteroatoms. The van der Waals surface area contributed by atoms with Crippen molar-refractivity contribution in [2.45, 2.75) is 6.61 Å². The fourth-order valence-corrected chi connectivity index (χ4v) is 5.35. The van der Waals surface area contributed by atoms with Crippen LogP contribution in [0.2, 0.25) is 15.1 Å². The number of nitrogens with zero attached hydrogens (tertiary/aromatic N) is 1. The fourth-order valence-electron chi connectivity index (χ4n) is 2.64. The summed E-state index contributed by atoms with van der Waals surface area (Å²) in [5.74, 6) is 0.191. The second-order valence-corrected chi connectivity index (χ2v) is 10.1. The van der Waals surface area contributed by atoms with Crippen molar-refractivity contribution in [3.8, 4) is 11.8 Å². The molecule has 1 amide bonds. The summed E-state index contributed by atoms with van der Waals surface area (Å²) in [6, 6.07) is 17.5. The topological polar surface area (TPSA) is 62.1 Å². The normalized spacial score (nSPS) is 11.1. The molecule has 0 heterocycles. The smallest absolute Gasteiger partial charge is 0.266 e. The Morgan fingerprint density at radius 2 is 1.62 bits per heavy atom. The summed E-state index contributed by atoms with van der Waals surface area (Å²) in [6.45, 7) is 0.282. The van der Waals surface area contributed by atoms with E-state index in [0.29, 0.717) is 32.1 Å². The van der Waals surface area contributed by atoms with Gasteiger partial charge in [0.15, 0.2) is 0 Å². The first-order chi connectivity index (χ1) is 15.3. The number of rotatable bonds is 6. The first kappa shape index (κ1) is 25.1. The van der Waals surface area contributed by atoms with Gasteiger partial charge in [0.1, 0.15) is 24.0 Å². The predicted molar refractivity (Wildman–Crippen MR) is 146 cm³/mol. The number of hydrogen-bond acceptors (Lipinski definition) is 3. The zero-order valence-corrected chi connectivity index (χ0v) is 22.7. The Morgan fingerprint density at radius 3 is 2.22 bits per heavy atom. The van der Waals surface area contributed by atoms with E-state index in [4.69, 9.17) is 39.5 Å². The molecule has 4 nitrogen and oxygen atoms in total. The standard InChI is InChI=1S/C23H13Cl3I2N2O2/c24-16-3-5-18(6-4-16)30-23(31)15(11-29)7-13-8-20(27)22(21(28)9-13)32-12-14-1-2-17(25)10-19(14)26/h1-10H,12H2,(H,30,31)/b15-7-. The van der Waals surface area contributed by atoms with Gasteiger partial charge in [-0.2, -0.15) is 5.26 Å². The molecule has 3 aromatic carbocycles. The molecular weight excluding hydrogens is 696 g/mol. The van der Waals surface area contributed by atoms with E-state index in [0.717, 1.165) is 12.7 Å². The Hall–Kier alpha value is -1.51. The van der Waals surface area contributed by atoms with Gasteiger partial charge in [0.2, 0.25) is 0 Å². The van der Waals surface area contributed by atoms with Gasteiger partial charge in [-0.3, -0.25) is 4.79 Å². The Balaban J connectivity index is 1.77. The minimum atomic E-state index is -0.502. The highest BCUT2D eigenvalue weighted by molar-refractivity contribution is 14.1. The van der Waals surface area contributed by atoms with Gasteiger partial charge in [-0.25, -0.2) is 0 Å². The zero-order chi connectivity index (χ0) is 23.3. The predicted octanol–water partition coefficient (Wildman–Crippen LogP) is 7.98. The summed E-state index contributed by atoms with van der Waals surface area (Å²) < 4.78 is 7.65. The molecule has 0 aromatic heterocycles. The lowest BCUT2D eigenvalue weighted by molar-refractivity contribution is -0.112. The quantitative estimate of drug-likeness (QED) is 0.161. The van der Waals surface area contributed by atoms with Crippen molar-refractivity contribution in [3.63, 3.8) is 0 Å². The van der Waals surface area contributed by atoms with E-state index < -0.39 is 5.91 Å². The van der Waals surface area contributed by atoms with Crippen molar-refractivity contribution < 1.29 is 9.53 Å². The molecule has 0 aliphatic heterocycles. The van der Waals surface area contributed by atoms with Gasteiger partial charge in [-0.1, -0.05) is 40.9 Å². The third-order valence-corrected chi connectivity index (χ3v) is 6.63. The number of carbonyl (C=O) groups excluding carboxylic acids is 1. The van der Waals surface area contributed by atoms with Crippen LogP contribution in [0.15, 0.2) is 60.2 Å². The van der Waals surface area contributed by atoms with Crippen molar-refractivity contribution in [3.05, 3.63) is 93.5 Å². The van der Waals surface area contributed by atoms with Gasteiger partial charge in [0.25, 0.3) is 5.91 Å². The van der Waals surface area contributed by atoms with Crippen LogP contribution in [0.25, 0.3) is 6.08 Å². The minimum absolute atomic E-state index is 0.0202. The number of halogens is 5. The summed E-state index contributed by atoms with van der Waals surface area (Å²) in [7, 11) is 0. The SMILES string of the molecule is N#C/C(=C/c1cc(I)c(OCc2ccc(Cl)cc2Cl)c(I)c1)C(=O)Nc1ccc(Cl)cc1. The number of hydrogen-bond donors (Lipinski definition) is 1. The first-order valence-corrected chi connectivity index (χ1v) is 12.3. The van der Waals surface area contributed by atoms with E-state index in [1.807, 2.05) is 24.3 Å². The molecule has 0 atom stereocenters.